The van der Waals surface area contributed by atoms with Gasteiger partial charge in [0.05, 0.1) is 5.25 Å². The second-order valence-electron chi connectivity index (χ2n) is 6.35. The van der Waals surface area contributed by atoms with E-state index in [1.54, 1.807) is 6.92 Å². The maximum Gasteiger partial charge on any atom is 0.318 e. The molecular formula is C20H21N5O2S. The van der Waals surface area contributed by atoms with E-state index in [2.05, 4.69) is 15.5 Å². The average molecular weight is 395 g/mol. The second kappa shape index (κ2) is 8.71. The summed E-state index contributed by atoms with van der Waals surface area (Å²) in [6, 6.07) is 17.1. The molecule has 3 aromatic rings. The molecule has 1 atom stereocenters. The van der Waals surface area contributed by atoms with Crippen LogP contribution in [0.15, 0.2) is 59.8 Å². The summed E-state index contributed by atoms with van der Waals surface area (Å²) < 4.78 is 1.94. The van der Waals surface area contributed by atoms with Crippen LogP contribution in [0.1, 0.15) is 23.9 Å². The number of amides is 3. The molecule has 8 heteroatoms. The predicted octanol–water partition coefficient (Wildman–Crippen LogP) is 2.84. The van der Waals surface area contributed by atoms with Crippen LogP contribution in [0, 0.1) is 6.92 Å². The summed E-state index contributed by atoms with van der Waals surface area (Å²) in [4.78, 5) is 23.0. The van der Waals surface area contributed by atoms with E-state index in [9.17, 15) is 9.59 Å². The van der Waals surface area contributed by atoms with Crippen molar-refractivity contribution in [2.45, 2.75) is 30.7 Å². The van der Waals surface area contributed by atoms with Gasteiger partial charge in [0.1, 0.15) is 5.82 Å². The molecule has 0 spiro atoms. The number of urea groups is 1. The van der Waals surface area contributed by atoms with Crippen molar-refractivity contribution in [2.24, 2.45) is 5.73 Å². The molecule has 0 aliphatic rings. The van der Waals surface area contributed by atoms with Crippen LogP contribution in [-0.4, -0.2) is 32.0 Å². The van der Waals surface area contributed by atoms with Gasteiger partial charge in [-0.25, -0.2) is 4.79 Å². The number of primary amides is 1. The molecule has 0 fully saturated rings. The number of carbonyl (C=O) groups is 2. The molecule has 0 saturated heterocycles. The summed E-state index contributed by atoms with van der Waals surface area (Å²) in [6.07, 6.45) is 0.601. The minimum Gasteiger partial charge on any atom is -0.351 e. The third-order valence-electron chi connectivity index (χ3n) is 4.06. The molecule has 1 heterocycles. The lowest BCUT2D eigenvalue weighted by Gasteiger charge is -2.13. The molecule has 0 bridgehead atoms. The van der Waals surface area contributed by atoms with E-state index in [4.69, 9.17) is 5.73 Å². The highest BCUT2D eigenvalue weighted by Crippen LogP contribution is 2.27. The Hall–Kier alpha value is -3.13. The number of rotatable bonds is 6. The molecule has 1 aromatic heterocycles. The first-order valence-corrected chi connectivity index (χ1v) is 9.64. The standard InChI is InChI=1S/C20H21N5O2S/c1-13-7-6-10-16(11-13)25-17(12-15-8-4-3-5-9-15)23-24-20(25)28-14(2)18(26)22-19(21)27/h3-11,14H,12H2,1-2H3,(H3,21,22,26,27)/t14-/m0/s1. The first-order chi connectivity index (χ1) is 13.4. The van der Waals surface area contributed by atoms with E-state index < -0.39 is 17.2 Å². The zero-order valence-electron chi connectivity index (χ0n) is 15.6. The zero-order chi connectivity index (χ0) is 20.1. The summed E-state index contributed by atoms with van der Waals surface area (Å²) in [6.45, 7) is 3.70. The van der Waals surface area contributed by atoms with Gasteiger partial charge >= 0.3 is 6.03 Å². The SMILES string of the molecule is Cc1cccc(-n2c(Cc3ccccc3)nnc2S[C@@H](C)C(=O)NC(N)=O)c1. The van der Waals surface area contributed by atoms with Crippen molar-refractivity contribution in [3.05, 3.63) is 71.5 Å². The number of nitrogens with zero attached hydrogens (tertiary/aromatic N) is 3. The molecule has 3 rings (SSSR count). The fraction of sp³-hybridized carbons (Fsp3) is 0.200. The molecule has 3 N–H and O–H groups in total. The highest BCUT2D eigenvalue weighted by Gasteiger charge is 2.22. The van der Waals surface area contributed by atoms with Crippen molar-refractivity contribution in [1.29, 1.82) is 0 Å². The third-order valence-corrected chi connectivity index (χ3v) is 5.11. The predicted molar refractivity (Wildman–Crippen MR) is 108 cm³/mol. The second-order valence-corrected chi connectivity index (χ2v) is 7.66. The molecule has 3 amide bonds. The summed E-state index contributed by atoms with van der Waals surface area (Å²) in [5.74, 6) is 0.294. The lowest BCUT2D eigenvalue weighted by atomic mass is 10.1. The Balaban J connectivity index is 1.96. The highest BCUT2D eigenvalue weighted by atomic mass is 32.2. The van der Waals surface area contributed by atoms with Crippen LogP contribution in [0.25, 0.3) is 5.69 Å². The molecule has 7 nitrogen and oxygen atoms in total. The fourth-order valence-electron chi connectivity index (χ4n) is 2.73. The quantitative estimate of drug-likeness (QED) is 0.625. The van der Waals surface area contributed by atoms with Gasteiger partial charge in [0.25, 0.3) is 0 Å². The lowest BCUT2D eigenvalue weighted by molar-refractivity contribution is -0.119. The number of hydrogen-bond donors (Lipinski definition) is 2. The average Bonchev–Trinajstić information content (AvgIpc) is 3.04. The molecule has 28 heavy (non-hydrogen) atoms. The summed E-state index contributed by atoms with van der Waals surface area (Å²) in [7, 11) is 0. The number of thioether (sulfide) groups is 1. The summed E-state index contributed by atoms with van der Waals surface area (Å²) in [5.41, 5.74) is 8.17. The topological polar surface area (TPSA) is 103 Å². The van der Waals surface area contributed by atoms with Crippen molar-refractivity contribution in [3.8, 4) is 5.69 Å². The minimum absolute atomic E-state index is 0.471. The number of nitrogens with one attached hydrogen (secondary N) is 1. The Morgan fingerprint density at radius 3 is 2.57 bits per heavy atom. The Morgan fingerprint density at radius 1 is 1.14 bits per heavy atom. The van der Waals surface area contributed by atoms with Gasteiger partial charge in [-0.05, 0) is 37.1 Å². The first-order valence-electron chi connectivity index (χ1n) is 8.76. The van der Waals surface area contributed by atoms with Crippen molar-refractivity contribution in [3.63, 3.8) is 0 Å². The smallest absolute Gasteiger partial charge is 0.318 e. The van der Waals surface area contributed by atoms with Crippen LogP contribution in [0.2, 0.25) is 0 Å². The Morgan fingerprint density at radius 2 is 1.89 bits per heavy atom. The molecule has 0 radical (unpaired) electrons. The lowest BCUT2D eigenvalue weighted by Crippen LogP contribution is -2.39. The number of aromatic nitrogens is 3. The molecule has 0 saturated carbocycles. The Labute approximate surface area is 167 Å². The Bertz CT molecular complexity index is 987. The highest BCUT2D eigenvalue weighted by molar-refractivity contribution is 8.00. The maximum absolute atomic E-state index is 12.1. The van der Waals surface area contributed by atoms with Gasteiger partial charge in [0.15, 0.2) is 5.16 Å². The summed E-state index contributed by atoms with van der Waals surface area (Å²) >= 11 is 1.22. The van der Waals surface area contributed by atoms with Crippen molar-refractivity contribution in [1.82, 2.24) is 20.1 Å². The number of hydrogen-bond acceptors (Lipinski definition) is 5. The number of benzene rings is 2. The van der Waals surface area contributed by atoms with E-state index in [0.717, 1.165) is 22.6 Å². The first kappa shape index (κ1) is 19.6. The summed E-state index contributed by atoms with van der Waals surface area (Å²) in [5, 5.41) is 10.8. The van der Waals surface area contributed by atoms with Crippen LogP contribution in [0.5, 0.6) is 0 Å². The molecular weight excluding hydrogens is 374 g/mol. The van der Waals surface area contributed by atoms with Gasteiger partial charge in [-0.3, -0.25) is 14.7 Å². The van der Waals surface area contributed by atoms with E-state index in [-0.39, 0.29) is 0 Å². The van der Waals surface area contributed by atoms with Crippen LogP contribution >= 0.6 is 11.8 Å². The molecule has 0 aliphatic heterocycles. The van der Waals surface area contributed by atoms with Gasteiger partial charge in [0, 0.05) is 12.1 Å². The molecule has 0 unspecified atom stereocenters. The van der Waals surface area contributed by atoms with Gasteiger partial charge in [-0.15, -0.1) is 10.2 Å². The zero-order valence-corrected chi connectivity index (χ0v) is 16.4. The monoisotopic (exact) mass is 395 g/mol. The van der Waals surface area contributed by atoms with Crippen LogP contribution in [0.3, 0.4) is 0 Å². The van der Waals surface area contributed by atoms with Crippen LogP contribution < -0.4 is 11.1 Å². The van der Waals surface area contributed by atoms with Gasteiger partial charge in [-0.2, -0.15) is 0 Å². The van der Waals surface area contributed by atoms with Crippen molar-refractivity contribution in [2.75, 3.05) is 0 Å². The minimum atomic E-state index is -0.873. The number of carbonyl (C=O) groups excluding carboxylic acids is 2. The van der Waals surface area contributed by atoms with Crippen molar-refractivity contribution >= 4 is 23.7 Å². The van der Waals surface area contributed by atoms with Crippen LogP contribution in [0.4, 0.5) is 4.79 Å². The maximum atomic E-state index is 12.1. The van der Waals surface area contributed by atoms with Gasteiger partial charge in [-0.1, -0.05) is 54.2 Å². The van der Waals surface area contributed by atoms with E-state index in [0.29, 0.717) is 11.6 Å². The number of imide groups is 1. The molecule has 144 valence electrons. The fourth-order valence-corrected chi connectivity index (χ4v) is 3.62. The molecule has 0 aliphatic carbocycles. The number of nitrogens with two attached hydrogens (primary N) is 1. The van der Waals surface area contributed by atoms with E-state index in [1.165, 1.54) is 11.8 Å². The molecule has 2 aromatic carbocycles. The van der Waals surface area contributed by atoms with E-state index >= 15 is 0 Å². The normalized spacial score (nSPS) is 11.8. The third kappa shape index (κ3) is 4.77. The van der Waals surface area contributed by atoms with Crippen molar-refractivity contribution < 1.29 is 9.59 Å². The van der Waals surface area contributed by atoms with Gasteiger partial charge in [0.2, 0.25) is 5.91 Å². The largest absolute Gasteiger partial charge is 0.351 e. The number of aryl methyl sites for hydroxylation is 1. The van der Waals surface area contributed by atoms with E-state index in [1.807, 2.05) is 66.1 Å². The van der Waals surface area contributed by atoms with Crippen LogP contribution in [-0.2, 0) is 11.2 Å². The Kier molecular flexibility index (Phi) is 6.10. The van der Waals surface area contributed by atoms with Gasteiger partial charge < -0.3 is 5.73 Å².